The molecule has 24 heavy (non-hydrogen) atoms. The molecule has 6 heteroatoms. The van der Waals surface area contributed by atoms with Gasteiger partial charge in [-0.25, -0.2) is 0 Å². The number of rotatable bonds is 2. The molecule has 0 saturated heterocycles. The molecule has 0 heterocycles. The maximum Gasteiger partial charge on any atom is 0.207 e. The number of anilines is 3. The third-order valence-electron chi connectivity index (χ3n) is 3.67. The fourth-order valence-electron chi connectivity index (χ4n) is 2.57. The van der Waals surface area contributed by atoms with E-state index in [1.54, 1.807) is 30.3 Å². The molecule has 0 unspecified atom stereocenters. The highest BCUT2D eigenvalue weighted by Crippen LogP contribution is 2.35. The minimum atomic E-state index is -0.710. The summed E-state index contributed by atoms with van der Waals surface area (Å²) in [6, 6.07) is 15.4. The fraction of sp³-hybridized carbons (Fsp3) is 0. The van der Waals surface area contributed by atoms with E-state index in [1.807, 2.05) is 18.2 Å². The summed E-state index contributed by atoms with van der Waals surface area (Å²) in [5.74, 6) is -1.40. The van der Waals surface area contributed by atoms with Gasteiger partial charge >= 0.3 is 0 Å². The van der Waals surface area contributed by atoms with E-state index in [0.717, 1.165) is 0 Å². The zero-order valence-corrected chi connectivity index (χ0v) is 12.3. The van der Waals surface area contributed by atoms with Gasteiger partial charge in [0.25, 0.3) is 0 Å². The molecule has 2 aromatic carbocycles. The van der Waals surface area contributed by atoms with E-state index >= 15 is 0 Å². The Balaban J connectivity index is 2.23. The van der Waals surface area contributed by atoms with E-state index in [1.165, 1.54) is 6.07 Å². The highest BCUT2D eigenvalue weighted by atomic mass is 16.1. The summed E-state index contributed by atoms with van der Waals surface area (Å²) in [5.41, 5.74) is 6.03. The maximum atomic E-state index is 12.6. The smallest absolute Gasteiger partial charge is 0.207 e. The Morgan fingerprint density at radius 3 is 2.00 bits per heavy atom. The normalized spacial score (nSPS) is 13.1. The van der Waals surface area contributed by atoms with E-state index in [0.29, 0.717) is 11.4 Å². The molecule has 0 saturated carbocycles. The number of hydrogen-bond donors (Lipinski definition) is 2. The Labute approximate surface area is 137 Å². The molecular weight excluding hydrogens is 304 g/mol. The van der Waals surface area contributed by atoms with Crippen LogP contribution in [0.3, 0.4) is 0 Å². The van der Waals surface area contributed by atoms with Gasteiger partial charge in [0.1, 0.15) is 23.3 Å². The van der Waals surface area contributed by atoms with Gasteiger partial charge in [0, 0.05) is 11.4 Å². The van der Waals surface area contributed by atoms with E-state index in [9.17, 15) is 14.9 Å². The van der Waals surface area contributed by atoms with Gasteiger partial charge in [-0.1, -0.05) is 18.2 Å². The number of para-hydroxylation sites is 1. The van der Waals surface area contributed by atoms with Crippen molar-refractivity contribution in [3.8, 4) is 12.1 Å². The van der Waals surface area contributed by atoms with Crippen LogP contribution >= 0.6 is 0 Å². The zero-order valence-electron chi connectivity index (χ0n) is 12.3. The predicted molar refractivity (Wildman–Crippen MR) is 87.5 cm³/mol. The van der Waals surface area contributed by atoms with Gasteiger partial charge in [0.15, 0.2) is 0 Å². The first-order valence-electron chi connectivity index (χ1n) is 6.97. The molecule has 3 rings (SSSR count). The summed E-state index contributed by atoms with van der Waals surface area (Å²) in [4.78, 5) is 25.1. The number of nitrogen functional groups attached to an aromatic ring is 1. The van der Waals surface area contributed by atoms with Crippen molar-refractivity contribution in [3.05, 3.63) is 64.7 Å². The van der Waals surface area contributed by atoms with Gasteiger partial charge in [-0.05, 0) is 24.3 Å². The van der Waals surface area contributed by atoms with Crippen molar-refractivity contribution < 1.29 is 9.59 Å². The molecule has 1 aliphatic carbocycles. The monoisotopic (exact) mass is 314 g/mol. The molecule has 0 spiro atoms. The highest BCUT2D eigenvalue weighted by Gasteiger charge is 2.36. The van der Waals surface area contributed by atoms with Gasteiger partial charge < -0.3 is 11.1 Å². The molecule has 0 amide bonds. The molecule has 0 atom stereocenters. The standard InChI is InChI=1S/C18H10N4O2/c19-8-11-12(9-20)18(24)16-14(22-10-4-2-1-3-5-10)7-6-13(21)15(16)17(11)23/h1-7,22H,21H2. The minimum Gasteiger partial charge on any atom is -0.398 e. The summed E-state index contributed by atoms with van der Waals surface area (Å²) in [5, 5.41) is 21.3. The van der Waals surface area contributed by atoms with Crippen LogP contribution in [0.15, 0.2) is 53.6 Å². The second-order valence-electron chi connectivity index (χ2n) is 5.08. The van der Waals surface area contributed by atoms with Crippen molar-refractivity contribution in [1.29, 1.82) is 10.5 Å². The average Bonchev–Trinajstić information content (AvgIpc) is 2.60. The van der Waals surface area contributed by atoms with Gasteiger partial charge in [0.05, 0.1) is 16.8 Å². The second-order valence-corrected chi connectivity index (χ2v) is 5.08. The number of nitrogens with one attached hydrogen (secondary N) is 1. The van der Waals surface area contributed by atoms with Crippen molar-refractivity contribution in [2.45, 2.75) is 0 Å². The van der Waals surface area contributed by atoms with Crippen LogP contribution in [-0.4, -0.2) is 11.6 Å². The van der Waals surface area contributed by atoms with E-state index < -0.39 is 22.7 Å². The molecular formula is C18H10N4O2. The van der Waals surface area contributed by atoms with Crippen molar-refractivity contribution >= 4 is 28.6 Å². The number of carbonyl (C=O) groups is 2. The van der Waals surface area contributed by atoms with Crippen LogP contribution in [0.4, 0.5) is 17.1 Å². The van der Waals surface area contributed by atoms with Crippen LogP contribution in [0, 0.1) is 22.7 Å². The van der Waals surface area contributed by atoms with Crippen molar-refractivity contribution in [2.75, 3.05) is 11.1 Å². The molecule has 0 fully saturated rings. The first kappa shape index (κ1) is 15.0. The average molecular weight is 314 g/mol. The summed E-state index contributed by atoms with van der Waals surface area (Å²) in [6.45, 7) is 0. The Morgan fingerprint density at radius 1 is 0.833 bits per heavy atom. The van der Waals surface area contributed by atoms with Crippen molar-refractivity contribution in [2.24, 2.45) is 0 Å². The molecule has 6 nitrogen and oxygen atoms in total. The van der Waals surface area contributed by atoms with Crippen LogP contribution < -0.4 is 11.1 Å². The molecule has 3 N–H and O–H groups in total. The maximum absolute atomic E-state index is 12.6. The number of benzene rings is 2. The number of ketones is 2. The second kappa shape index (κ2) is 5.71. The highest BCUT2D eigenvalue weighted by molar-refractivity contribution is 6.33. The van der Waals surface area contributed by atoms with E-state index in [-0.39, 0.29) is 16.8 Å². The molecule has 0 bridgehead atoms. The molecule has 1 aliphatic rings. The SMILES string of the molecule is N#CC1=C(C#N)C(=O)c2c(Nc3ccccc3)ccc(N)c2C1=O. The largest absolute Gasteiger partial charge is 0.398 e. The number of allylic oxidation sites excluding steroid dienone is 2. The lowest BCUT2D eigenvalue weighted by Crippen LogP contribution is -2.23. The topological polar surface area (TPSA) is 120 Å². The zero-order chi connectivity index (χ0) is 17.3. The van der Waals surface area contributed by atoms with Crippen LogP contribution in [-0.2, 0) is 0 Å². The van der Waals surface area contributed by atoms with E-state index in [2.05, 4.69) is 5.32 Å². The first-order chi connectivity index (χ1) is 11.6. The lowest BCUT2D eigenvalue weighted by atomic mass is 9.83. The Hall–Kier alpha value is -3.90. The minimum absolute atomic E-state index is 0.0133. The molecule has 0 radical (unpaired) electrons. The molecule has 0 aliphatic heterocycles. The number of carbonyl (C=O) groups excluding carboxylic acids is 2. The number of Topliss-reactive ketones (excluding diaryl/α,β-unsaturated/α-hetero) is 2. The Bertz CT molecular complexity index is 992. The first-order valence-corrected chi connectivity index (χ1v) is 6.97. The number of hydrogen-bond acceptors (Lipinski definition) is 6. The van der Waals surface area contributed by atoms with Crippen molar-refractivity contribution in [3.63, 3.8) is 0 Å². The third-order valence-corrected chi connectivity index (χ3v) is 3.67. The summed E-state index contributed by atoms with van der Waals surface area (Å²) in [6.07, 6.45) is 0. The number of nitriles is 2. The number of nitrogens with zero attached hydrogens (tertiary/aromatic N) is 2. The van der Waals surface area contributed by atoms with Crippen LogP contribution in [0.25, 0.3) is 0 Å². The lowest BCUT2D eigenvalue weighted by Gasteiger charge is -2.20. The summed E-state index contributed by atoms with van der Waals surface area (Å²) >= 11 is 0. The van der Waals surface area contributed by atoms with Gasteiger partial charge in [-0.2, -0.15) is 10.5 Å². The van der Waals surface area contributed by atoms with Gasteiger partial charge in [0.2, 0.25) is 11.6 Å². The fourth-order valence-corrected chi connectivity index (χ4v) is 2.57. The predicted octanol–water partition coefficient (Wildman–Crippen LogP) is 2.74. The third kappa shape index (κ3) is 2.20. The van der Waals surface area contributed by atoms with Gasteiger partial charge in [-0.3, -0.25) is 9.59 Å². The summed E-state index contributed by atoms with van der Waals surface area (Å²) < 4.78 is 0. The number of fused-ring (bicyclic) bond motifs is 1. The Kier molecular flexibility index (Phi) is 3.57. The van der Waals surface area contributed by atoms with Crippen molar-refractivity contribution in [1.82, 2.24) is 0 Å². The van der Waals surface area contributed by atoms with Crippen LogP contribution in [0.5, 0.6) is 0 Å². The van der Waals surface area contributed by atoms with Gasteiger partial charge in [-0.15, -0.1) is 0 Å². The number of nitrogens with two attached hydrogens (primary N) is 1. The Morgan fingerprint density at radius 2 is 1.42 bits per heavy atom. The molecule has 2 aromatic rings. The lowest BCUT2D eigenvalue weighted by molar-refractivity contribution is 0.0983. The van der Waals surface area contributed by atoms with Crippen LogP contribution in [0.2, 0.25) is 0 Å². The summed E-state index contributed by atoms with van der Waals surface area (Å²) in [7, 11) is 0. The quantitative estimate of drug-likeness (QED) is 0.822. The molecule has 114 valence electrons. The van der Waals surface area contributed by atoms with Crippen LogP contribution in [0.1, 0.15) is 20.7 Å². The molecule has 0 aromatic heterocycles. The van der Waals surface area contributed by atoms with E-state index in [4.69, 9.17) is 11.0 Å².